The maximum absolute atomic E-state index is 14.0. The maximum Gasteiger partial charge on any atom is 0.252 e. The maximum atomic E-state index is 14.0. The molecule has 6 rings (SSSR count). The van der Waals surface area contributed by atoms with E-state index in [1.807, 2.05) is 77.7 Å². The van der Waals surface area contributed by atoms with Crippen LogP contribution in [0.4, 0.5) is 5.69 Å². The quantitative estimate of drug-likeness (QED) is 0.652. The molecule has 1 spiro atoms. The molecule has 3 heterocycles. The Labute approximate surface area is 190 Å². The number of carbonyl (C=O) groups excluding carboxylic acids is 2. The average molecular weight is 442 g/mol. The molecular formula is C26H20ClN3O2. The summed E-state index contributed by atoms with van der Waals surface area (Å²) in [6.45, 7) is 0.438. The molecule has 6 heteroatoms. The van der Waals surface area contributed by atoms with Crippen molar-refractivity contribution in [3.63, 3.8) is 0 Å². The number of hydrogen-bond donors (Lipinski definition) is 1. The summed E-state index contributed by atoms with van der Waals surface area (Å²) >= 11 is 6.12. The predicted molar refractivity (Wildman–Crippen MR) is 123 cm³/mol. The van der Waals surface area contributed by atoms with Gasteiger partial charge in [0.1, 0.15) is 17.7 Å². The van der Waals surface area contributed by atoms with E-state index in [1.165, 1.54) is 0 Å². The molecule has 5 nitrogen and oxygen atoms in total. The van der Waals surface area contributed by atoms with E-state index in [4.69, 9.17) is 11.6 Å². The second kappa shape index (κ2) is 6.97. The van der Waals surface area contributed by atoms with Crippen molar-refractivity contribution in [1.82, 2.24) is 9.80 Å². The summed E-state index contributed by atoms with van der Waals surface area (Å²) in [7, 11) is 0. The number of piperazine rings is 1. The van der Waals surface area contributed by atoms with Crippen molar-refractivity contribution in [2.45, 2.75) is 24.3 Å². The highest BCUT2D eigenvalue weighted by molar-refractivity contribution is 6.30. The molecular weight excluding hydrogens is 422 g/mol. The molecule has 158 valence electrons. The van der Waals surface area contributed by atoms with E-state index in [0.717, 1.165) is 22.4 Å². The number of nitrogens with one attached hydrogen (secondary N) is 1. The number of amides is 2. The molecule has 1 fully saturated rings. The monoisotopic (exact) mass is 441 g/mol. The lowest BCUT2D eigenvalue weighted by molar-refractivity contribution is -0.163. The fraction of sp³-hybridized carbons (Fsp3) is 0.154. The first-order valence-corrected chi connectivity index (χ1v) is 11.0. The Morgan fingerprint density at radius 2 is 1.62 bits per heavy atom. The second-order valence-corrected chi connectivity index (χ2v) is 8.80. The van der Waals surface area contributed by atoms with Gasteiger partial charge in [-0.15, -0.1) is 0 Å². The van der Waals surface area contributed by atoms with Gasteiger partial charge in [0.15, 0.2) is 0 Å². The molecule has 0 saturated carbocycles. The van der Waals surface area contributed by atoms with E-state index in [1.54, 1.807) is 23.1 Å². The minimum absolute atomic E-state index is 0.117. The van der Waals surface area contributed by atoms with Gasteiger partial charge in [0.2, 0.25) is 5.91 Å². The molecule has 1 saturated heterocycles. The van der Waals surface area contributed by atoms with Crippen LogP contribution in [0.25, 0.3) is 0 Å². The van der Waals surface area contributed by atoms with Gasteiger partial charge in [0, 0.05) is 28.9 Å². The number of nitrogens with zero attached hydrogens (tertiary/aromatic N) is 2. The van der Waals surface area contributed by atoms with E-state index in [0.29, 0.717) is 11.6 Å². The van der Waals surface area contributed by atoms with Crippen molar-refractivity contribution in [3.8, 4) is 0 Å². The van der Waals surface area contributed by atoms with Gasteiger partial charge in [-0.1, -0.05) is 72.3 Å². The number of halogens is 1. The minimum Gasteiger partial charge on any atom is -0.362 e. The molecule has 3 aliphatic rings. The third-order valence-electron chi connectivity index (χ3n) is 6.65. The van der Waals surface area contributed by atoms with Crippen molar-refractivity contribution in [2.75, 3.05) is 5.32 Å². The number of anilines is 1. The lowest BCUT2D eigenvalue weighted by Crippen LogP contribution is -2.67. The molecule has 0 aromatic heterocycles. The highest BCUT2D eigenvalue weighted by Gasteiger charge is 2.63. The fourth-order valence-corrected chi connectivity index (χ4v) is 5.41. The van der Waals surface area contributed by atoms with Crippen molar-refractivity contribution in [2.24, 2.45) is 0 Å². The summed E-state index contributed by atoms with van der Waals surface area (Å²) in [5.74, 6) is -0.282. The molecule has 2 amide bonds. The van der Waals surface area contributed by atoms with Crippen LogP contribution in [0.15, 0.2) is 91.0 Å². The lowest BCUT2D eigenvalue weighted by atomic mass is 9.82. The minimum atomic E-state index is -0.777. The van der Waals surface area contributed by atoms with Crippen LogP contribution in [0.2, 0.25) is 5.02 Å². The van der Waals surface area contributed by atoms with Crippen LogP contribution >= 0.6 is 11.6 Å². The van der Waals surface area contributed by atoms with Crippen LogP contribution in [-0.2, 0) is 21.7 Å². The van der Waals surface area contributed by atoms with Crippen molar-refractivity contribution >= 4 is 29.1 Å². The summed E-state index contributed by atoms with van der Waals surface area (Å²) in [6, 6.07) is 24.3. The van der Waals surface area contributed by atoms with Gasteiger partial charge in [-0.3, -0.25) is 9.59 Å². The molecule has 0 bridgehead atoms. The van der Waals surface area contributed by atoms with E-state index < -0.39 is 17.7 Å². The van der Waals surface area contributed by atoms with Gasteiger partial charge in [-0.25, -0.2) is 0 Å². The van der Waals surface area contributed by atoms with Crippen LogP contribution < -0.4 is 5.32 Å². The zero-order chi connectivity index (χ0) is 21.9. The number of para-hydroxylation sites is 1. The fourth-order valence-electron chi connectivity index (χ4n) is 5.28. The number of carbonyl (C=O) groups is 2. The van der Waals surface area contributed by atoms with Crippen molar-refractivity contribution in [3.05, 3.63) is 113 Å². The zero-order valence-corrected chi connectivity index (χ0v) is 17.9. The van der Waals surface area contributed by atoms with Crippen LogP contribution in [0.5, 0.6) is 0 Å². The molecule has 3 unspecified atom stereocenters. The first kappa shape index (κ1) is 19.1. The van der Waals surface area contributed by atoms with Crippen LogP contribution in [0, 0.1) is 0 Å². The van der Waals surface area contributed by atoms with Crippen molar-refractivity contribution < 1.29 is 9.59 Å². The molecule has 0 aliphatic carbocycles. The Bertz CT molecular complexity index is 1260. The molecule has 3 aromatic rings. The van der Waals surface area contributed by atoms with Gasteiger partial charge in [0.05, 0.1) is 0 Å². The largest absolute Gasteiger partial charge is 0.362 e. The average Bonchev–Trinajstić information content (AvgIpc) is 3.33. The normalized spacial score (nSPS) is 25.4. The standard InChI is InChI=1S/C26H20ClN3O2/c27-19-12-10-18(11-13-19)23-24(32)29(16-17-6-2-1-3-7-17)25-26(15-14-22(31)30(23)26)20-8-4-5-9-21(20)28-25/h1-15,23,25,28H,16H2. The summed E-state index contributed by atoms with van der Waals surface area (Å²) in [6.07, 6.45) is 3.14. The van der Waals surface area contributed by atoms with E-state index in [9.17, 15) is 9.59 Å². The highest BCUT2D eigenvalue weighted by atomic mass is 35.5. The smallest absolute Gasteiger partial charge is 0.252 e. The van der Waals surface area contributed by atoms with E-state index in [-0.39, 0.29) is 11.8 Å². The number of hydrogen-bond acceptors (Lipinski definition) is 3. The third-order valence-corrected chi connectivity index (χ3v) is 6.90. The van der Waals surface area contributed by atoms with Crippen LogP contribution in [0.1, 0.15) is 22.7 Å². The Balaban J connectivity index is 1.55. The lowest BCUT2D eigenvalue weighted by Gasteiger charge is -2.52. The highest BCUT2D eigenvalue weighted by Crippen LogP contribution is 2.54. The van der Waals surface area contributed by atoms with Crippen LogP contribution in [0.3, 0.4) is 0 Å². The van der Waals surface area contributed by atoms with Gasteiger partial charge >= 0.3 is 0 Å². The van der Waals surface area contributed by atoms with Gasteiger partial charge in [0.25, 0.3) is 5.91 Å². The Hall–Kier alpha value is -3.57. The molecule has 32 heavy (non-hydrogen) atoms. The Kier molecular flexibility index (Phi) is 4.17. The number of benzene rings is 3. The second-order valence-electron chi connectivity index (χ2n) is 8.37. The molecule has 3 atom stereocenters. The summed E-state index contributed by atoms with van der Waals surface area (Å²) in [5.41, 5.74) is 2.93. The van der Waals surface area contributed by atoms with Gasteiger partial charge in [-0.05, 0) is 35.4 Å². The summed E-state index contributed by atoms with van der Waals surface area (Å²) < 4.78 is 0. The summed E-state index contributed by atoms with van der Waals surface area (Å²) in [4.78, 5) is 30.9. The Morgan fingerprint density at radius 3 is 2.41 bits per heavy atom. The number of fused-ring (bicyclic) bond motifs is 1. The van der Waals surface area contributed by atoms with Gasteiger partial charge < -0.3 is 15.1 Å². The molecule has 0 radical (unpaired) electrons. The molecule has 3 aromatic carbocycles. The topological polar surface area (TPSA) is 52.7 Å². The number of rotatable bonds is 3. The zero-order valence-electron chi connectivity index (χ0n) is 17.1. The third kappa shape index (κ3) is 2.58. The first-order chi connectivity index (χ1) is 15.6. The molecule has 3 aliphatic heterocycles. The predicted octanol–water partition coefficient (Wildman–Crippen LogP) is 4.47. The van der Waals surface area contributed by atoms with Crippen LogP contribution in [-0.4, -0.2) is 27.8 Å². The van der Waals surface area contributed by atoms with E-state index >= 15 is 0 Å². The Morgan fingerprint density at radius 1 is 0.906 bits per heavy atom. The van der Waals surface area contributed by atoms with Crippen molar-refractivity contribution in [1.29, 1.82) is 0 Å². The van der Waals surface area contributed by atoms with Gasteiger partial charge in [-0.2, -0.15) is 0 Å². The molecule has 1 N–H and O–H groups in total. The SMILES string of the molecule is O=C1C(c2ccc(Cl)cc2)N2C(=O)C=CC23c2ccccc2NC3N1Cc1ccccc1. The van der Waals surface area contributed by atoms with E-state index in [2.05, 4.69) is 5.32 Å². The first-order valence-electron chi connectivity index (χ1n) is 10.6. The summed E-state index contributed by atoms with van der Waals surface area (Å²) in [5, 5.41) is 4.13.